The maximum Gasteiger partial charge on any atom is 0.240 e. The van der Waals surface area contributed by atoms with Crippen LogP contribution in [0.2, 0.25) is 0 Å². The summed E-state index contributed by atoms with van der Waals surface area (Å²) in [6, 6.07) is 5.12. The molecule has 1 aliphatic rings. The summed E-state index contributed by atoms with van der Waals surface area (Å²) in [6.45, 7) is 1.91. The van der Waals surface area contributed by atoms with E-state index < -0.39 is 10.0 Å². The number of anilines is 1. The predicted molar refractivity (Wildman–Crippen MR) is 120 cm³/mol. The average Bonchev–Trinajstić information content (AvgIpc) is 3.09. The fraction of sp³-hybridized carbons (Fsp3) is 0.389. The molecule has 1 aliphatic carbocycles. The van der Waals surface area contributed by atoms with E-state index in [1.165, 1.54) is 6.33 Å². The topological polar surface area (TPSA) is 141 Å². The van der Waals surface area contributed by atoms with Crippen molar-refractivity contribution in [3.8, 4) is 11.3 Å². The van der Waals surface area contributed by atoms with Gasteiger partial charge in [-0.2, -0.15) is 5.10 Å². The van der Waals surface area contributed by atoms with E-state index in [1.807, 2.05) is 6.92 Å². The summed E-state index contributed by atoms with van der Waals surface area (Å²) in [5.41, 5.74) is 14.5. The minimum absolute atomic E-state index is 0. The fourth-order valence-electron chi connectivity index (χ4n) is 3.59. The Morgan fingerprint density at radius 1 is 1.13 bits per heavy atom. The van der Waals surface area contributed by atoms with Gasteiger partial charge in [0.15, 0.2) is 11.5 Å². The number of nitrogens with two attached hydrogens (primary N) is 2. The van der Waals surface area contributed by atoms with E-state index in [0.29, 0.717) is 11.3 Å². The van der Waals surface area contributed by atoms with Crippen LogP contribution in [0.15, 0.2) is 35.6 Å². The van der Waals surface area contributed by atoms with Gasteiger partial charge in [0.2, 0.25) is 10.0 Å². The molecule has 1 fully saturated rings. The maximum absolute atomic E-state index is 12.9. The van der Waals surface area contributed by atoms with Crippen LogP contribution in [0.1, 0.15) is 31.2 Å². The number of rotatable bonds is 4. The molecule has 9 nitrogen and oxygen atoms in total. The Morgan fingerprint density at radius 2 is 1.83 bits per heavy atom. The monoisotopic (exact) mass is 473 g/mol. The van der Waals surface area contributed by atoms with Crippen LogP contribution in [-0.2, 0) is 10.0 Å². The van der Waals surface area contributed by atoms with Crippen LogP contribution >= 0.6 is 24.8 Å². The number of hydrogen-bond donors (Lipinski definition) is 3. The van der Waals surface area contributed by atoms with Gasteiger partial charge in [-0.25, -0.2) is 27.6 Å². The third kappa shape index (κ3) is 4.68. The molecule has 4 rings (SSSR count). The van der Waals surface area contributed by atoms with Crippen molar-refractivity contribution < 1.29 is 8.42 Å². The highest BCUT2D eigenvalue weighted by atomic mass is 35.5. The summed E-state index contributed by atoms with van der Waals surface area (Å²) >= 11 is 0. The van der Waals surface area contributed by atoms with Gasteiger partial charge < -0.3 is 11.5 Å². The van der Waals surface area contributed by atoms with E-state index in [0.717, 1.165) is 36.8 Å². The lowest BCUT2D eigenvalue weighted by atomic mass is 9.93. The Balaban J connectivity index is 0.00000160. The molecule has 0 bridgehead atoms. The lowest BCUT2D eigenvalue weighted by Crippen LogP contribution is -2.40. The summed E-state index contributed by atoms with van der Waals surface area (Å²) in [5, 5.41) is 4.20. The van der Waals surface area contributed by atoms with Gasteiger partial charge in [0, 0.05) is 17.6 Å². The highest BCUT2D eigenvalue weighted by Gasteiger charge is 2.25. The molecule has 12 heteroatoms. The largest absolute Gasteiger partial charge is 0.381 e. The molecule has 0 spiro atoms. The number of halogens is 2. The average molecular weight is 474 g/mol. The van der Waals surface area contributed by atoms with Crippen molar-refractivity contribution in [2.45, 2.75) is 49.6 Å². The zero-order valence-corrected chi connectivity index (χ0v) is 18.8. The van der Waals surface area contributed by atoms with E-state index >= 15 is 0 Å². The van der Waals surface area contributed by atoms with Crippen molar-refractivity contribution in [2.24, 2.45) is 5.73 Å². The van der Waals surface area contributed by atoms with Gasteiger partial charge in [0.1, 0.15) is 6.33 Å². The SMILES string of the molecule is Cc1ccc(S(=O)(=O)NC2CCC(N)CC2)cc1-c1cnc2c(N)ncnn12.Cl.Cl. The smallest absolute Gasteiger partial charge is 0.240 e. The zero-order chi connectivity index (χ0) is 19.9. The zero-order valence-electron chi connectivity index (χ0n) is 16.4. The first kappa shape index (κ1) is 24.3. The van der Waals surface area contributed by atoms with E-state index in [9.17, 15) is 8.42 Å². The quantitative estimate of drug-likeness (QED) is 0.526. The molecule has 0 saturated heterocycles. The Hall–Kier alpha value is -1.98. The summed E-state index contributed by atoms with van der Waals surface area (Å²) in [6.07, 6.45) is 6.13. The molecule has 5 N–H and O–H groups in total. The van der Waals surface area contributed by atoms with E-state index in [-0.39, 0.29) is 47.6 Å². The number of sulfonamides is 1. The molecule has 2 heterocycles. The normalized spacial score (nSPS) is 19.1. The fourth-order valence-corrected chi connectivity index (χ4v) is 4.92. The van der Waals surface area contributed by atoms with Crippen LogP contribution in [0.5, 0.6) is 0 Å². The van der Waals surface area contributed by atoms with Crippen LogP contribution in [0, 0.1) is 6.92 Å². The molecule has 3 aromatic rings. The van der Waals surface area contributed by atoms with Crippen molar-refractivity contribution in [1.82, 2.24) is 24.3 Å². The lowest BCUT2D eigenvalue weighted by Gasteiger charge is -2.26. The second-order valence-corrected chi connectivity index (χ2v) is 8.95. The predicted octanol–water partition coefficient (Wildman–Crippen LogP) is 2.07. The first-order valence-corrected chi connectivity index (χ1v) is 10.7. The number of nitrogens with one attached hydrogen (secondary N) is 1. The molecule has 0 unspecified atom stereocenters. The number of imidazole rings is 1. The molecular weight excluding hydrogens is 449 g/mol. The van der Waals surface area contributed by atoms with E-state index in [1.54, 1.807) is 28.9 Å². The molecule has 0 amide bonds. The minimum atomic E-state index is -3.65. The number of aromatic nitrogens is 4. The van der Waals surface area contributed by atoms with Gasteiger partial charge in [0.05, 0.1) is 16.8 Å². The van der Waals surface area contributed by atoms with Crippen LogP contribution in [0.4, 0.5) is 5.82 Å². The molecular formula is C18H25Cl2N7O2S. The number of nitrogens with zero attached hydrogens (tertiary/aromatic N) is 4. The standard InChI is InChI=1S/C18H23N7O2S.2ClH/c1-11-2-7-14(28(26,27)24-13-5-3-12(19)4-6-13)8-15(11)16-9-21-18-17(20)22-10-23-25(16)18;;/h2,7-10,12-13,24H,3-6,19H2,1H3,(H2,20,22,23);2*1H. The van der Waals surface area contributed by atoms with Gasteiger partial charge in [0.25, 0.3) is 0 Å². The number of benzene rings is 1. The molecule has 1 saturated carbocycles. The second-order valence-electron chi connectivity index (χ2n) is 7.23. The summed E-state index contributed by atoms with van der Waals surface area (Å²) < 4.78 is 30.2. The van der Waals surface area contributed by atoms with Crippen LogP contribution in [-0.4, -0.2) is 40.1 Å². The lowest BCUT2D eigenvalue weighted by molar-refractivity contribution is 0.373. The summed E-state index contributed by atoms with van der Waals surface area (Å²) in [4.78, 5) is 8.40. The van der Waals surface area contributed by atoms with E-state index in [4.69, 9.17) is 11.5 Å². The summed E-state index contributed by atoms with van der Waals surface area (Å²) in [7, 11) is -3.65. The first-order valence-electron chi connectivity index (χ1n) is 9.18. The van der Waals surface area contributed by atoms with Gasteiger partial charge in [-0.1, -0.05) is 6.07 Å². The Kier molecular flexibility index (Phi) is 7.64. The van der Waals surface area contributed by atoms with Crippen LogP contribution in [0.3, 0.4) is 0 Å². The molecule has 30 heavy (non-hydrogen) atoms. The highest BCUT2D eigenvalue weighted by molar-refractivity contribution is 7.89. The van der Waals surface area contributed by atoms with Crippen LogP contribution in [0.25, 0.3) is 16.9 Å². The first-order chi connectivity index (χ1) is 13.3. The third-order valence-electron chi connectivity index (χ3n) is 5.22. The Morgan fingerprint density at radius 3 is 2.53 bits per heavy atom. The van der Waals surface area contributed by atoms with Crippen molar-refractivity contribution in [1.29, 1.82) is 0 Å². The van der Waals surface area contributed by atoms with Gasteiger partial charge in [-0.3, -0.25) is 0 Å². The number of hydrogen-bond acceptors (Lipinski definition) is 7. The third-order valence-corrected chi connectivity index (χ3v) is 6.74. The molecule has 2 aromatic heterocycles. The highest BCUT2D eigenvalue weighted by Crippen LogP contribution is 2.28. The molecule has 0 radical (unpaired) electrons. The van der Waals surface area contributed by atoms with Crippen molar-refractivity contribution in [3.63, 3.8) is 0 Å². The minimum Gasteiger partial charge on any atom is -0.381 e. The van der Waals surface area contributed by atoms with Crippen molar-refractivity contribution in [3.05, 3.63) is 36.3 Å². The second kappa shape index (κ2) is 9.44. The van der Waals surface area contributed by atoms with E-state index in [2.05, 4.69) is 19.8 Å². The molecule has 0 atom stereocenters. The number of nitrogen functional groups attached to an aromatic ring is 1. The van der Waals surface area contributed by atoms with Gasteiger partial charge in [-0.15, -0.1) is 24.8 Å². The Bertz CT molecular complexity index is 1130. The van der Waals surface area contributed by atoms with Gasteiger partial charge in [-0.05, 0) is 50.3 Å². The van der Waals surface area contributed by atoms with Crippen molar-refractivity contribution in [2.75, 3.05) is 5.73 Å². The molecule has 1 aromatic carbocycles. The molecule has 164 valence electrons. The number of aryl methyl sites for hydroxylation is 1. The molecule has 0 aliphatic heterocycles. The number of fused-ring (bicyclic) bond motifs is 1. The van der Waals surface area contributed by atoms with Crippen molar-refractivity contribution >= 4 is 46.3 Å². The maximum atomic E-state index is 12.9. The Labute approximate surface area is 187 Å². The van der Waals surface area contributed by atoms with Gasteiger partial charge >= 0.3 is 0 Å². The summed E-state index contributed by atoms with van der Waals surface area (Å²) in [5.74, 6) is 0.264. The van der Waals surface area contributed by atoms with Crippen LogP contribution < -0.4 is 16.2 Å².